The number of rotatable bonds is 5. The Morgan fingerprint density at radius 3 is 2.61 bits per heavy atom. The van der Waals surface area contributed by atoms with Crippen molar-refractivity contribution in [1.29, 1.82) is 0 Å². The van der Waals surface area contributed by atoms with Crippen LogP contribution in [0.15, 0.2) is 48.7 Å². The number of methoxy groups -OCH3 is 2. The summed E-state index contributed by atoms with van der Waals surface area (Å²) in [6.45, 7) is 2.53. The molecule has 2 aromatic carbocycles. The fraction of sp³-hybridized carbons (Fsp3) is 0.190. The van der Waals surface area contributed by atoms with E-state index in [-0.39, 0.29) is 5.97 Å². The van der Waals surface area contributed by atoms with Gasteiger partial charge in [-0.25, -0.2) is 14.8 Å². The Bertz CT molecular complexity index is 1170. The lowest BCUT2D eigenvalue weighted by atomic mass is 10.2. The summed E-state index contributed by atoms with van der Waals surface area (Å²) in [5.41, 5.74) is 4.00. The second kappa shape index (κ2) is 7.19. The predicted octanol–water partition coefficient (Wildman–Crippen LogP) is 3.60. The molecule has 0 fully saturated rings. The molecule has 0 unspecified atom stereocenters. The van der Waals surface area contributed by atoms with Crippen molar-refractivity contribution in [3.05, 3.63) is 65.6 Å². The Morgan fingerprint density at radius 2 is 1.89 bits per heavy atom. The third kappa shape index (κ3) is 3.11. The summed E-state index contributed by atoms with van der Waals surface area (Å²) < 4.78 is 12.0. The van der Waals surface area contributed by atoms with Gasteiger partial charge in [-0.05, 0) is 42.8 Å². The van der Waals surface area contributed by atoms with E-state index >= 15 is 0 Å². The highest BCUT2D eigenvalue weighted by Crippen LogP contribution is 2.25. The third-order valence-corrected chi connectivity index (χ3v) is 4.67. The van der Waals surface area contributed by atoms with Crippen LogP contribution in [0.2, 0.25) is 0 Å². The minimum Gasteiger partial charge on any atom is -0.497 e. The van der Waals surface area contributed by atoms with Gasteiger partial charge in [0.15, 0.2) is 5.82 Å². The normalized spacial score (nSPS) is 11.0. The molecular weight excluding hydrogens is 356 g/mol. The smallest absolute Gasteiger partial charge is 0.337 e. The van der Waals surface area contributed by atoms with Crippen LogP contribution in [0.1, 0.15) is 21.7 Å². The fourth-order valence-electron chi connectivity index (χ4n) is 3.19. The standard InChI is InChI=1S/C21H20N4O3/c1-13-22-12-19-20(23-11-14-4-7-16(27-2)8-5-14)24-17-9-6-15(21(26)28-3)10-18(17)25(13)19/h4-10,12H,11H2,1-3H3,(H,23,24). The van der Waals surface area contributed by atoms with Gasteiger partial charge in [0, 0.05) is 6.54 Å². The lowest BCUT2D eigenvalue weighted by Crippen LogP contribution is -2.06. The van der Waals surface area contributed by atoms with Crippen molar-refractivity contribution in [3.8, 4) is 5.75 Å². The summed E-state index contributed by atoms with van der Waals surface area (Å²) in [6, 6.07) is 13.2. The first kappa shape index (κ1) is 17.8. The van der Waals surface area contributed by atoms with Gasteiger partial charge in [0.1, 0.15) is 17.1 Å². The summed E-state index contributed by atoms with van der Waals surface area (Å²) in [7, 11) is 3.02. The molecule has 1 N–H and O–H groups in total. The highest BCUT2D eigenvalue weighted by molar-refractivity contribution is 5.95. The number of fused-ring (bicyclic) bond motifs is 3. The van der Waals surface area contributed by atoms with Crippen LogP contribution in [0.5, 0.6) is 5.75 Å². The number of ether oxygens (including phenoxy) is 2. The van der Waals surface area contributed by atoms with E-state index in [4.69, 9.17) is 14.5 Å². The molecular formula is C21H20N4O3. The zero-order valence-corrected chi connectivity index (χ0v) is 15.9. The maximum Gasteiger partial charge on any atom is 0.337 e. The average molecular weight is 376 g/mol. The molecule has 0 aliphatic heterocycles. The van der Waals surface area contributed by atoms with Gasteiger partial charge in [0.25, 0.3) is 0 Å². The molecule has 28 heavy (non-hydrogen) atoms. The van der Waals surface area contributed by atoms with Crippen LogP contribution < -0.4 is 10.1 Å². The van der Waals surface area contributed by atoms with Gasteiger partial charge < -0.3 is 14.8 Å². The summed E-state index contributed by atoms with van der Waals surface area (Å²) >= 11 is 0. The zero-order chi connectivity index (χ0) is 19.7. The highest BCUT2D eigenvalue weighted by atomic mass is 16.5. The van der Waals surface area contributed by atoms with E-state index < -0.39 is 0 Å². The van der Waals surface area contributed by atoms with E-state index in [1.165, 1.54) is 7.11 Å². The predicted molar refractivity (Wildman–Crippen MR) is 107 cm³/mol. The van der Waals surface area contributed by atoms with Crippen LogP contribution in [0.3, 0.4) is 0 Å². The first-order chi connectivity index (χ1) is 13.6. The summed E-state index contributed by atoms with van der Waals surface area (Å²) in [4.78, 5) is 21.1. The van der Waals surface area contributed by atoms with E-state index in [2.05, 4.69) is 10.3 Å². The minimum absolute atomic E-state index is 0.380. The minimum atomic E-state index is -0.380. The molecule has 0 saturated carbocycles. The number of nitrogens with zero attached hydrogens (tertiary/aromatic N) is 3. The van der Waals surface area contributed by atoms with Gasteiger partial charge in [-0.1, -0.05) is 12.1 Å². The average Bonchev–Trinajstić information content (AvgIpc) is 3.13. The zero-order valence-electron chi connectivity index (χ0n) is 15.9. The Balaban J connectivity index is 1.74. The maximum atomic E-state index is 11.9. The fourth-order valence-corrected chi connectivity index (χ4v) is 3.19. The van der Waals surface area contributed by atoms with Gasteiger partial charge in [0.2, 0.25) is 0 Å². The van der Waals surface area contributed by atoms with Gasteiger partial charge in [-0.2, -0.15) is 0 Å². The lowest BCUT2D eigenvalue weighted by Gasteiger charge is -2.12. The van der Waals surface area contributed by atoms with Crippen LogP contribution in [-0.2, 0) is 11.3 Å². The molecule has 2 aromatic heterocycles. The molecule has 0 bridgehead atoms. The Morgan fingerprint density at radius 1 is 1.11 bits per heavy atom. The van der Waals surface area contributed by atoms with Crippen LogP contribution in [0.4, 0.5) is 5.82 Å². The number of aromatic nitrogens is 3. The summed E-state index contributed by atoms with van der Waals surface area (Å²) in [5.74, 6) is 1.99. The van der Waals surface area contributed by atoms with Crippen molar-refractivity contribution in [3.63, 3.8) is 0 Å². The van der Waals surface area contributed by atoms with E-state index in [9.17, 15) is 4.79 Å². The van der Waals surface area contributed by atoms with Crippen LogP contribution in [0.25, 0.3) is 16.6 Å². The topological polar surface area (TPSA) is 77.8 Å². The van der Waals surface area contributed by atoms with Gasteiger partial charge in [-0.15, -0.1) is 0 Å². The summed E-state index contributed by atoms with van der Waals surface area (Å²) in [6.07, 6.45) is 1.78. The van der Waals surface area contributed by atoms with Crippen molar-refractivity contribution in [2.24, 2.45) is 0 Å². The number of imidazole rings is 1. The molecule has 2 heterocycles. The number of hydrogen-bond acceptors (Lipinski definition) is 6. The number of aryl methyl sites for hydroxylation is 1. The Labute approximate surface area is 161 Å². The van der Waals surface area contributed by atoms with Crippen molar-refractivity contribution in [1.82, 2.24) is 14.4 Å². The van der Waals surface area contributed by atoms with Gasteiger partial charge in [0.05, 0.1) is 37.0 Å². The lowest BCUT2D eigenvalue weighted by molar-refractivity contribution is 0.0601. The Hall–Kier alpha value is -3.61. The van der Waals surface area contributed by atoms with E-state index in [0.29, 0.717) is 12.1 Å². The number of carbonyl (C=O) groups excluding carboxylic acids is 1. The molecule has 0 atom stereocenters. The van der Waals surface area contributed by atoms with Crippen LogP contribution in [-0.4, -0.2) is 34.6 Å². The first-order valence-corrected chi connectivity index (χ1v) is 8.83. The molecule has 0 spiro atoms. The van der Waals surface area contributed by atoms with E-state index in [0.717, 1.165) is 39.5 Å². The van der Waals surface area contributed by atoms with Crippen LogP contribution >= 0.6 is 0 Å². The molecule has 0 amide bonds. The molecule has 0 aliphatic rings. The molecule has 7 heteroatoms. The second-order valence-electron chi connectivity index (χ2n) is 6.38. The third-order valence-electron chi connectivity index (χ3n) is 4.67. The number of nitrogens with one attached hydrogen (secondary N) is 1. The molecule has 7 nitrogen and oxygen atoms in total. The number of esters is 1. The number of benzene rings is 2. The first-order valence-electron chi connectivity index (χ1n) is 8.83. The quantitative estimate of drug-likeness (QED) is 0.536. The second-order valence-corrected chi connectivity index (χ2v) is 6.38. The largest absolute Gasteiger partial charge is 0.497 e. The molecule has 142 valence electrons. The monoisotopic (exact) mass is 376 g/mol. The molecule has 0 radical (unpaired) electrons. The molecule has 0 aliphatic carbocycles. The van der Waals surface area contributed by atoms with Crippen molar-refractivity contribution < 1.29 is 14.3 Å². The van der Waals surface area contributed by atoms with E-state index in [1.54, 1.807) is 25.4 Å². The Kier molecular flexibility index (Phi) is 4.57. The number of anilines is 1. The van der Waals surface area contributed by atoms with Crippen molar-refractivity contribution in [2.75, 3.05) is 19.5 Å². The summed E-state index contributed by atoms with van der Waals surface area (Å²) in [5, 5.41) is 3.39. The maximum absolute atomic E-state index is 11.9. The molecule has 4 rings (SSSR count). The van der Waals surface area contributed by atoms with Crippen molar-refractivity contribution in [2.45, 2.75) is 13.5 Å². The highest BCUT2D eigenvalue weighted by Gasteiger charge is 2.14. The SMILES string of the molecule is COC(=O)c1ccc2nc(NCc3ccc(OC)cc3)c3cnc(C)n3c2c1. The van der Waals surface area contributed by atoms with E-state index in [1.807, 2.05) is 41.7 Å². The molecule has 0 saturated heterocycles. The van der Waals surface area contributed by atoms with Gasteiger partial charge >= 0.3 is 5.97 Å². The number of hydrogen-bond donors (Lipinski definition) is 1. The number of carbonyl (C=O) groups is 1. The van der Waals surface area contributed by atoms with Gasteiger partial charge in [-0.3, -0.25) is 4.40 Å². The van der Waals surface area contributed by atoms with Crippen LogP contribution in [0, 0.1) is 6.92 Å². The molecule has 4 aromatic rings. The van der Waals surface area contributed by atoms with Crippen molar-refractivity contribution >= 4 is 28.3 Å².